The van der Waals surface area contributed by atoms with Crippen molar-refractivity contribution in [3.05, 3.63) is 35.4 Å². The molecule has 1 heterocycles. The Morgan fingerprint density at radius 3 is 2.52 bits per heavy atom. The Labute approximate surface area is 126 Å². The lowest BCUT2D eigenvalue weighted by molar-refractivity contribution is -0.136. The van der Waals surface area contributed by atoms with E-state index in [1.807, 2.05) is 17.0 Å². The summed E-state index contributed by atoms with van der Waals surface area (Å²) in [5, 5.41) is 0. The topological polar surface area (TPSA) is 49.6 Å². The highest BCUT2D eigenvalue weighted by atomic mass is 16.2. The Bertz CT molecular complexity index is 533. The molecule has 21 heavy (non-hydrogen) atoms. The number of benzene rings is 1. The number of rotatable bonds is 3. The fraction of sp³-hybridized carbons (Fsp3) is 0.588. The van der Waals surface area contributed by atoms with Gasteiger partial charge in [-0.1, -0.05) is 24.3 Å². The van der Waals surface area contributed by atoms with Crippen molar-refractivity contribution >= 4 is 5.91 Å². The number of nitrogens with two attached hydrogens (primary N) is 1. The van der Waals surface area contributed by atoms with Crippen LogP contribution in [0, 0.1) is 0 Å². The monoisotopic (exact) mass is 287 g/mol. The van der Waals surface area contributed by atoms with Gasteiger partial charge in [0.15, 0.2) is 0 Å². The lowest BCUT2D eigenvalue weighted by Gasteiger charge is -2.45. The Morgan fingerprint density at radius 2 is 1.90 bits per heavy atom. The van der Waals surface area contributed by atoms with Gasteiger partial charge in [0, 0.05) is 38.3 Å². The molecule has 0 saturated carbocycles. The van der Waals surface area contributed by atoms with E-state index in [0.29, 0.717) is 12.5 Å². The van der Waals surface area contributed by atoms with Crippen molar-refractivity contribution in [2.24, 2.45) is 5.73 Å². The molecular formula is C17H25N3O. The van der Waals surface area contributed by atoms with Gasteiger partial charge in [-0.05, 0) is 31.4 Å². The second-order valence-electron chi connectivity index (χ2n) is 6.78. The molecule has 1 amide bonds. The number of carbonyl (C=O) groups excluding carboxylic acids is 1. The maximum Gasteiger partial charge on any atom is 0.230 e. The highest BCUT2D eigenvalue weighted by molar-refractivity contribution is 5.87. The summed E-state index contributed by atoms with van der Waals surface area (Å²) in [6.45, 7) is 8.48. The molecule has 0 radical (unpaired) electrons. The minimum Gasteiger partial charge on any atom is -0.340 e. The fourth-order valence-electron chi connectivity index (χ4n) is 3.36. The zero-order chi connectivity index (χ0) is 15.0. The second-order valence-corrected chi connectivity index (χ2v) is 6.78. The van der Waals surface area contributed by atoms with Crippen LogP contribution in [0.3, 0.4) is 0 Å². The van der Waals surface area contributed by atoms with E-state index in [1.54, 1.807) is 0 Å². The molecule has 2 N–H and O–H groups in total. The third kappa shape index (κ3) is 2.58. The molecule has 0 spiro atoms. The van der Waals surface area contributed by atoms with E-state index in [0.717, 1.165) is 32.6 Å². The van der Waals surface area contributed by atoms with Crippen molar-refractivity contribution < 1.29 is 4.79 Å². The summed E-state index contributed by atoms with van der Waals surface area (Å²) >= 11 is 0. The minimum atomic E-state index is 0.0260. The zero-order valence-electron chi connectivity index (χ0n) is 13.0. The van der Waals surface area contributed by atoms with Crippen molar-refractivity contribution in [1.82, 2.24) is 9.80 Å². The summed E-state index contributed by atoms with van der Waals surface area (Å²) in [7, 11) is 0. The molecule has 1 atom stereocenters. The Kier molecular flexibility index (Phi) is 3.76. The molecule has 4 nitrogen and oxygen atoms in total. The van der Waals surface area contributed by atoms with Crippen molar-refractivity contribution in [2.75, 3.05) is 32.7 Å². The van der Waals surface area contributed by atoms with Gasteiger partial charge < -0.3 is 10.6 Å². The largest absolute Gasteiger partial charge is 0.340 e. The van der Waals surface area contributed by atoms with E-state index >= 15 is 0 Å². The molecule has 0 aromatic heterocycles. The summed E-state index contributed by atoms with van der Waals surface area (Å²) in [6.07, 6.45) is 0.906. The summed E-state index contributed by atoms with van der Waals surface area (Å²) in [4.78, 5) is 17.1. The van der Waals surface area contributed by atoms with Gasteiger partial charge in [-0.3, -0.25) is 9.69 Å². The lowest BCUT2D eigenvalue weighted by atomic mass is 9.77. The third-order valence-electron chi connectivity index (χ3n) is 5.10. The molecule has 114 valence electrons. The predicted octanol–water partition coefficient (Wildman–Crippen LogP) is 1.21. The van der Waals surface area contributed by atoms with Crippen molar-refractivity contribution in [3.63, 3.8) is 0 Å². The number of hydrogen-bond donors (Lipinski definition) is 1. The van der Waals surface area contributed by atoms with Gasteiger partial charge in [-0.25, -0.2) is 0 Å². The second kappa shape index (κ2) is 5.43. The predicted molar refractivity (Wildman–Crippen MR) is 84.2 cm³/mol. The standard InChI is InChI=1S/C17H25N3O/c1-17(2,12-18)20-9-7-19(8-10-20)16(21)15-11-13-5-3-4-6-14(13)15/h3-6,15H,7-12,18H2,1-2H3. The van der Waals surface area contributed by atoms with Crippen LogP contribution in [0.2, 0.25) is 0 Å². The highest BCUT2D eigenvalue weighted by Gasteiger charge is 2.37. The van der Waals surface area contributed by atoms with E-state index < -0.39 is 0 Å². The molecule has 1 aromatic rings. The lowest BCUT2D eigenvalue weighted by Crippen LogP contribution is -2.58. The van der Waals surface area contributed by atoms with Crippen LogP contribution in [0.1, 0.15) is 30.9 Å². The average Bonchev–Trinajstić information content (AvgIpc) is 2.48. The van der Waals surface area contributed by atoms with Gasteiger partial charge in [-0.15, -0.1) is 0 Å². The van der Waals surface area contributed by atoms with E-state index in [2.05, 4.69) is 30.9 Å². The van der Waals surface area contributed by atoms with Gasteiger partial charge >= 0.3 is 0 Å². The first kappa shape index (κ1) is 14.5. The highest BCUT2D eigenvalue weighted by Crippen LogP contribution is 2.36. The van der Waals surface area contributed by atoms with E-state index in [9.17, 15) is 4.79 Å². The first-order chi connectivity index (χ1) is 10.0. The Hall–Kier alpha value is -1.39. The molecule has 1 unspecified atom stereocenters. The molecule has 1 aromatic carbocycles. The smallest absolute Gasteiger partial charge is 0.230 e. The van der Waals surface area contributed by atoms with Crippen LogP contribution in [-0.2, 0) is 11.2 Å². The quantitative estimate of drug-likeness (QED) is 0.909. The molecule has 2 aliphatic rings. The summed E-state index contributed by atoms with van der Waals surface area (Å²) in [5.74, 6) is 0.397. The van der Waals surface area contributed by atoms with Crippen molar-refractivity contribution in [1.29, 1.82) is 0 Å². The van der Waals surface area contributed by atoms with Gasteiger partial charge in [-0.2, -0.15) is 0 Å². The van der Waals surface area contributed by atoms with Crippen molar-refractivity contribution in [2.45, 2.75) is 31.7 Å². The van der Waals surface area contributed by atoms with Crippen LogP contribution in [0.25, 0.3) is 0 Å². The summed E-state index contributed by atoms with van der Waals surface area (Å²) < 4.78 is 0. The van der Waals surface area contributed by atoms with Gasteiger partial charge in [0.2, 0.25) is 5.91 Å². The van der Waals surface area contributed by atoms with Crippen LogP contribution < -0.4 is 5.73 Å². The number of fused-ring (bicyclic) bond motifs is 1. The normalized spacial score (nSPS) is 22.6. The molecule has 1 aliphatic heterocycles. The van der Waals surface area contributed by atoms with E-state index in [1.165, 1.54) is 11.1 Å². The van der Waals surface area contributed by atoms with Crippen LogP contribution in [0.15, 0.2) is 24.3 Å². The average molecular weight is 287 g/mol. The molecule has 0 bridgehead atoms. The number of hydrogen-bond acceptors (Lipinski definition) is 3. The zero-order valence-corrected chi connectivity index (χ0v) is 13.0. The van der Waals surface area contributed by atoms with Crippen LogP contribution in [0.5, 0.6) is 0 Å². The molecule has 1 aliphatic carbocycles. The number of nitrogens with zero attached hydrogens (tertiary/aromatic N) is 2. The fourth-order valence-corrected chi connectivity index (χ4v) is 3.36. The maximum absolute atomic E-state index is 12.7. The van der Waals surface area contributed by atoms with E-state index in [4.69, 9.17) is 5.73 Å². The molecule has 1 fully saturated rings. The molecule has 3 rings (SSSR count). The number of carbonyl (C=O) groups is 1. The van der Waals surface area contributed by atoms with Crippen LogP contribution in [-0.4, -0.2) is 54.0 Å². The minimum absolute atomic E-state index is 0.0260. The Morgan fingerprint density at radius 1 is 1.24 bits per heavy atom. The number of piperazine rings is 1. The molecular weight excluding hydrogens is 262 g/mol. The first-order valence-corrected chi connectivity index (χ1v) is 7.84. The summed E-state index contributed by atoms with van der Waals surface area (Å²) in [5.41, 5.74) is 8.43. The summed E-state index contributed by atoms with van der Waals surface area (Å²) in [6, 6.07) is 8.29. The maximum atomic E-state index is 12.7. The van der Waals surface area contributed by atoms with Gasteiger partial charge in [0.1, 0.15) is 0 Å². The third-order valence-corrected chi connectivity index (χ3v) is 5.10. The molecule has 1 saturated heterocycles. The van der Waals surface area contributed by atoms with Crippen LogP contribution in [0.4, 0.5) is 0 Å². The van der Waals surface area contributed by atoms with Crippen molar-refractivity contribution in [3.8, 4) is 0 Å². The van der Waals surface area contributed by atoms with E-state index in [-0.39, 0.29) is 11.5 Å². The Balaban J connectivity index is 1.60. The van der Waals surface area contributed by atoms with Gasteiger partial charge in [0.05, 0.1) is 5.92 Å². The SMILES string of the molecule is CC(C)(CN)N1CCN(C(=O)C2Cc3ccccc32)CC1. The number of amides is 1. The molecule has 4 heteroatoms. The van der Waals surface area contributed by atoms with Crippen LogP contribution >= 0.6 is 0 Å². The first-order valence-electron chi connectivity index (χ1n) is 7.84. The van der Waals surface area contributed by atoms with Gasteiger partial charge in [0.25, 0.3) is 0 Å².